The normalized spacial score (nSPS) is 28.6. The van der Waals surface area contributed by atoms with Gasteiger partial charge in [0.05, 0.1) is 29.8 Å². The molecular weight excluding hydrogens is 530 g/mol. The van der Waals surface area contributed by atoms with E-state index in [1.54, 1.807) is 30.5 Å². The molecule has 5 heterocycles. The predicted octanol–water partition coefficient (Wildman–Crippen LogP) is -1.23. The number of hydrogen-bond acceptors (Lipinski definition) is 8. The number of fused-ring (bicyclic) bond motifs is 1. The molecule has 0 saturated carbocycles. The third-order valence-electron chi connectivity index (χ3n) is 8.57. The van der Waals surface area contributed by atoms with Crippen molar-refractivity contribution in [2.24, 2.45) is 0 Å². The Bertz CT molecular complexity index is 1430. The largest absolute Gasteiger partial charge is 0.492 e. The van der Waals surface area contributed by atoms with Gasteiger partial charge in [-0.1, -0.05) is 26.0 Å². The molecule has 14 heteroatoms. The van der Waals surface area contributed by atoms with Gasteiger partial charge in [0, 0.05) is 31.0 Å². The zero-order valence-electron chi connectivity index (χ0n) is 22.6. The molecule has 216 valence electrons. The fraction of sp³-hybridized carbons (Fsp3) is 0.444. The summed E-state index contributed by atoms with van der Waals surface area (Å²) in [5, 5.41) is 54.6. The first kappa shape index (κ1) is 26.8. The van der Waals surface area contributed by atoms with E-state index in [0.29, 0.717) is 17.9 Å². The van der Waals surface area contributed by atoms with Crippen molar-refractivity contribution in [1.82, 2.24) is 36.5 Å². The zero-order chi connectivity index (χ0) is 29.2. The number of rotatable bonds is 5. The van der Waals surface area contributed by atoms with Crippen LogP contribution in [0.3, 0.4) is 0 Å². The van der Waals surface area contributed by atoms with E-state index in [9.17, 15) is 19.8 Å². The number of nitrogens with one attached hydrogen (secondary N) is 7. The zero-order valence-corrected chi connectivity index (χ0v) is 22.6. The Balaban J connectivity index is 1.26. The first-order chi connectivity index (χ1) is 19.5. The molecule has 41 heavy (non-hydrogen) atoms. The molecule has 0 aliphatic carbocycles. The molecule has 0 unspecified atom stereocenters. The highest BCUT2D eigenvalue weighted by molar-refractivity contribution is 5.98. The number of pyridine rings is 1. The van der Waals surface area contributed by atoms with E-state index in [1.807, 2.05) is 6.07 Å². The van der Waals surface area contributed by atoms with Gasteiger partial charge >= 0.3 is 0 Å². The highest BCUT2D eigenvalue weighted by atomic mass is 16.5. The molecule has 3 fully saturated rings. The van der Waals surface area contributed by atoms with Crippen LogP contribution in [0.5, 0.6) is 5.75 Å². The average molecular weight is 564 g/mol. The van der Waals surface area contributed by atoms with Gasteiger partial charge < -0.3 is 46.4 Å². The van der Waals surface area contributed by atoms with Gasteiger partial charge in [-0.05, 0) is 30.0 Å². The maximum atomic E-state index is 13.6. The lowest BCUT2D eigenvalue weighted by atomic mass is 9.79. The first-order valence-corrected chi connectivity index (χ1v) is 13.4. The first-order valence-electron chi connectivity index (χ1n) is 13.4. The maximum Gasteiger partial charge on any atom is 0.255 e. The number of amides is 2. The molecule has 4 aliphatic rings. The second-order valence-corrected chi connectivity index (χ2v) is 11.5. The Labute approximate surface area is 235 Å². The van der Waals surface area contributed by atoms with Crippen molar-refractivity contribution in [3.05, 3.63) is 59.4 Å². The van der Waals surface area contributed by atoms with Crippen LogP contribution in [0.15, 0.2) is 42.7 Å². The summed E-state index contributed by atoms with van der Waals surface area (Å²) < 4.78 is 5.88. The van der Waals surface area contributed by atoms with Gasteiger partial charge in [0.2, 0.25) is 5.79 Å². The van der Waals surface area contributed by atoms with Crippen LogP contribution in [0.1, 0.15) is 46.5 Å². The summed E-state index contributed by atoms with van der Waals surface area (Å²) in [5.74, 6) is -3.46. The molecule has 3 saturated heterocycles. The molecule has 14 nitrogen and oxygen atoms in total. The topological polar surface area (TPSA) is 208 Å². The fourth-order valence-electron chi connectivity index (χ4n) is 6.34. The van der Waals surface area contributed by atoms with Gasteiger partial charge in [-0.3, -0.25) is 25.4 Å². The third-order valence-corrected chi connectivity index (χ3v) is 8.57. The minimum Gasteiger partial charge on any atom is -0.492 e. The number of aliphatic hydroxyl groups is 2. The molecular formula is C27H33N9O5. The van der Waals surface area contributed by atoms with Crippen molar-refractivity contribution in [2.75, 3.05) is 19.7 Å². The lowest BCUT2D eigenvalue weighted by Crippen LogP contribution is -2.81. The van der Waals surface area contributed by atoms with Gasteiger partial charge in [-0.2, -0.15) is 0 Å². The Morgan fingerprint density at radius 2 is 1.98 bits per heavy atom. The highest BCUT2D eigenvalue weighted by Gasteiger charge is 2.74. The summed E-state index contributed by atoms with van der Waals surface area (Å²) in [6.07, 6.45) is 3.77. The number of nitrogens with zero attached hydrogens (tertiary/aromatic N) is 2. The SMILES string of the molecule is CC1(C)CCOc2c(C(=O)N[C@H]3CN4C(=N)N[C@@H](CNC(=O)c5cccnc5)[C@@H]5NC(=N)N[C@@]54C3(O)O)cccc21. The molecule has 2 aromatic rings. The summed E-state index contributed by atoms with van der Waals surface area (Å²) >= 11 is 0. The average Bonchev–Trinajstić information content (AvgIpc) is 3.41. The standard InChI is InChI=1S/C27H33N9O5/c1-25(2)8-10-41-19-15(6-3-7-16(19)25)22(38)33-18-13-36-24(29)32-17(12-31-21(37)14-5-4-9-30-11-14)20-26(36,27(18,39)40)35-23(28)34-20/h3-7,9,11,17-18,20,39-40H,8,10,12-13H2,1-2H3,(H2,29,32)(H,31,37)(H,33,38)(H3,28,34,35)/t17-,18-,20-,26-/m0/s1. The van der Waals surface area contributed by atoms with Crippen molar-refractivity contribution in [3.8, 4) is 5.75 Å². The van der Waals surface area contributed by atoms with Crippen molar-refractivity contribution in [2.45, 2.75) is 55.3 Å². The Hall–Kier alpha value is -4.43. The van der Waals surface area contributed by atoms with Crippen molar-refractivity contribution in [1.29, 1.82) is 10.8 Å². The lowest BCUT2D eigenvalue weighted by molar-refractivity contribution is -0.232. The lowest BCUT2D eigenvalue weighted by Gasteiger charge is -2.51. The number of carbonyl (C=O) groups is 2. The van der Waals surface area contributed by atoms with Crippen molar-refractivity contribution < 1.29 is 24.5 Å². The van der Waals surface area contributed by atoms with E-state index in [2.05, 4.69) is 45.4 Å². The smallest absolute Gasteiger partial charge is 0.255 e. The number of aromatic nitrogens is 1. The van der Waals surface area contributed by atoms with E-state index < -0.39 is 41.4 Å². The summed E-state index contributed by atoms with van der Waals surface area (Å²) in [6, 6.07) is 5.71. The summed E-state index contributed by atoms with van der Waals surface area (Å²) in [5.41, 5.74) is -0.459. The quantitative estimate of drug-likeness (QED) is 0.198. The second-order valence-electron chi connectivity index (χ2n) is 11.5. The van der Waals surface area contributed by atoms with E-state index in [1.165, 1.54) is 11.1 Å². The number of carbonyl (C=O) groups excluding carboxylic acids is 2. The van der Waals surface area contributed by atoms with Crippen molar-refractivity contribution in [3.63, 3.8) is 0 Å². The van der Waals surface area contributed by atoms with Gasteiger partial charge in [-0.15, -0.1) is 0 Å². The molecule has 4 aliphatic heterocycles. The predicted molar refractivity (Wildman–Crippen MR) is 146 cm³/mol. The molecule has 1 aromatic carbocycles. The van der Waals surface area contributed by atoms with Crippen LogP contribution in [-0.2, 0) is 5.41 Å². The molecule has 1 spiro atoms. The van der Waals surface area contributed by atoms with Gasteiger partial charge in [0.1, 0.15) is 11.8 Å². The highest BCUT2D eigenvalue weighted by Crippen LogP contribution is 2.44. The van der Waals surface area contributed by atoms with Gasteiger partial charge in [-0.25, -0.2) is 0 Å². The van der Waals surface area contributed by atoms with Crippen LogP contribution in [0.4, 0.5) is 0 Å². The van der Waals surface area contributed by atoms with Crippen LogP contribution < -0.4 is 31.3 Å². The minimum absolute atomic E-state index is 0.00525. The summed E-state index contributed by atoms with van der Waals surface area (Å²) in [7, 11) is 0. The number of para-hydroxylation sites is 1. The molecule has 4 atom stereocenters. The van der Waals surface area contributed by atoms with E-state index >= 15 is 0 Å². The Morgan fingerprint density at radius 1 is 1.17 bits per heavy atom. The molecule has 1 aromatic heterocycles. The molecule has 0 radical (unpaired) electrons. The number of ether oxygens (including phenoxy) is 1. The van der Waals surface area contributed by atoms with E-state index in [0.717, 1.165) is 12.0 Å². The van der Waals surface area contributed by atoms with E-state index in [4.69, 9.17) is 15.6 Å². The molecule has 2 amide bonds. The monoisotopic (exact) mass is 563 g/mol. The Morgan fingerprint density at radius 3 is 2.73 bits per heavy atom. The second kappa shape index (κ2) is 9.31. The van der Waals surface area contributed by atoms with Crippen LogP contribution in [-0.4, -0.2) is 93.1 Å². The maximum absolute atomic E-state index is 13.6. The fourth-order valence-corrected chi connectivity index (χ4v) is 6.34. The van der Waals surface area contributed by atoms with Crippen LogP contribution in [0.25, 0.3) is 0 Å². The molecule has 9 N–H and O–H groups in total. The van der Waals surface area contributed by atoms with E-state index in [-0.39, 0.29) is 36.0 Å². The van der Waals surface area contributed by atoms with Crippen molar-refractivity contribution >= 4 is 23.7 Å². The van der Waals surface area contributed by atoms with Crippen LogP contribution >= 0.6 is 0 Å². The summed E-state index contributed by atoms with van der Waals surface area (Å²) in [4.78, 5) is 31.5. The number of benzene rings is 1. The minimum atomic E-state index is -2.64. The molecule has 0 bridgehead atoms. The van der Waals surface area contributed by atoms with Gasteiger partial charge in [0.25, 0.3) is 11.8 Å². The third kappa shape index (κ3) is 4.04. The molecule has 6 rings (SSSR count). The Kier molecular flexibility index (Phi) is 6.08. The van der Waals surface area contributed by atoms with Crippen LogP contribution in [0.2, 0.25) is 0 Å². The van der Waals surface area contributed by atoms with Gasteiger partial charge in [0.15, 0.2) is 17.6 Å². The van der Waals surface area contributed by atoms with Crippen LogP contribution in [0, 0.1) is 10.8 Å². The summed E-state index contributed by atoms with van der Waals surface area (Å²) in [6.45, 7) is 4.47. The number of hydrogen-bond donors (Lipinski definition) is 9. The number of guanidine groups is 2.